The highest BCUT2D eigenvalue weighted by Crippen LogP contribution is 2.37. The second-order valence-corrected chi connectivity index (χ2v) is 6.52. The maximum atomic E-state index is 9.60. The molecule has 1 aromatic carbocycles. The van der Waals surface area contributed by atoms with Gasteiger partial charge in [0.1, 0.15) is 0 Å². The molecule has 2 rings (SSSR count). The molecule has 0 radical (unpaired) electrons. The Balaban J connectivity index is 1.78. The van der Waals surface area contributed by atoms with Gasteiger partial charge in [-0.15, -0.1) is 0 Å². The molecule has 1 aliphatic carbocycles. The van der Waals surface area contributed by atoms with E-state index in [1.165, 1.54) is 24.0 Å². The van der Waals surface area contributed by atoms with Gasteiger partial charge in [0, 0.05) is 24.6 Å². The fraction of sp³-hybridized carbons (Fsp3) is 0.667. The Morgan fingerprint density at radius 2 is 1.75 bits per heavy atom. The van der Waals surface area contributed by atoms with Crippen molar-refractivity contribution in [2.75, 3.05) is 13.2 Å². The first-order valence-electron chi connectivity index (χ1n) is 8.03. The van der Waals surface area contributed by atoms with Crippen molar-refractivity contribution in [1.82, 2.24) is 5.32 Å². The number of aliphatic hydroxyl groups is 1. The highest BCUT2D eigenvalue weighted by Gasteiger charge is 2.32. The summed E-state index contributed by atoms with van der Waals surface area (Å²) in [7, 11) is 0. The third kappa shape index (κ3) is 3.42. The van der Waals surface area contributed by atoms with Gasteiger partial charge in [0.25, 0.3) is 0 Å². The summed E-state index contributed by atoms with van der Waals surface area (Å²) in [5.74, 6) is 0.722. The van der Waals surface area contributed by atoms with E-state index in [9.17, 15) is 5.11 Å². The summed E-state index contributed by atoms with van der Waals surface area (Å²) >= 11 is 0. The summed E-state index contributed by atoms with van der Waals surface area (Å²) in [5.41, 5.74) is 2.89. The van der Waals surface area contributed by atoms with Gasteiger partial charge in [0.15, 0.2) is 0 Å². The van der Waals surface area contributed by atoms with Crippen LogP contribution < -0.4 is 5.32 Å². The van der Waals surface area contributed by atoms with Gasteiger partial charge >= 0.3 is 0 Å². The Hall–Kier alpha value is -0.860. The van der Waals surface area contributed by atoms with Gasteiger partial charge in [0.05, 0.1) is 0 Å². The lowest BCUT2D eigenvalue weighted by atomic mass is 9.75. The number of hydrogen-bond donors (Lipinski definition) is 2. The largest absolute Gasteiger partial charge is 0.396 e. The van der Waals surface area contributed by atoms with Crippen molar-refractivity contribution in [2.45, 2.75) is 58.4 Å². The zero-order valence-electron chi connectivity index (χ0n) is 13.2. The molecule has 1 aliphatic rings. The van der Waals surface area contributed by atoms with E-state index in [0.717, 1.165) is 25.3 Å². The monoisotopic (exact) mass is 275 g/mol. The summed E-state index contributed by atoms with van der Waals surface area (Å²) in [6.45, 7) is 7.73. The number of aliphatic hydroxyl groups excluding tert-OH is 1. The molecule has 1 fully saturated rings. The first-order valence-corrected chi connectivity index (χ1v) is 8.03. The van der Waals surface area contributed by atoms with Gasteiger partial charge in [-0.2, -0.15) is 0 Å². The van der Waals surface area contributed by atoms with E-state index in [-0.39, 0.29) is 5.41 Å². The summed E-state index contributed by atoms with van der Waals surface area (Å²) in [6.07, 6.45) is 4.55. The molecule has 1 saturated carbocycles. The quantitative estimate of drug-likeness (QED) is 0.796. The average molecular weight is 275 g/mol. The normalized spacial score (nSPS) is 22.6. The second kappa shape index (κ2) is 6.73. The number of aryl methyl sites for hydroxylation is 1. The van der Waals surface area contributed by atoms with E-state index in [1.807, 2.05) is 0 Å². The molecule has 0 atom stereocenters. The maximum absolute atomic E-state index is 9.60. The zero-order valence-corrected chi connectivity index (χ0v) is 13.2. The SMILES string of the molecule is CCC(CC)(CO)CNC1CC(c2ccc(C)cc2)C1. The Morgan fingerprint density at radius 1 is 1.15 bits per heavy atom. The Bertz CT molecular complexity index is 394. The van der Waals surface area contributed by atoms with Crippen LogP contribution in [0.25, 0.3) is 0 Å². The summed E-state index contributed by atoms with van der Waals surface area (Å²) in [5, 5.41) is 13.3. The minimum atomic E-state index is 0.0783. The lowest BCUT2D eigenvalue weighted by Crippen LogP contribution is -2.46. The molecule has 20 heavy (non-hydrogen) atoms. The van der Waals surface area contributed by atoms with E-state index >= 15 is 0 Å². The van der Waals surface area contributed by atoms with Crippen LogP contribution in [-0.4, -0.2) is 24.3 Å². The minimum absolute atomic E-state index is 0.0783. The van der Waals surface area contributed by atoms with Crippen molar-refractivity contribution >= 4 is 0 Å². The second-order valence-electron chi connectivity index (χ2n) is 6.52. The third-order valence-corrected chi connectivity index (χ3v) is 5.29. The standard InChI is InChI=1S/C18H29NO/c1-4-18(5-2,13-20)12-19-17-10-16(11-17)15-8-6-14(3)7-9-15/h6-9,16-17,19-20H,4-5,10-13H2,1-3H3. The van der Waals surface area contributed by atoms with E-state index < -0.39 is 0 Å². The molecule has 0 unspecified atom stereocenters. The predicted molar refractivity (Wildman–Crippen MR) is 85.0 cm³/mol. The van der Waals surface area contributed by atoms with Crippen molar-refractivity contribution in [3.05, 3.63) is 35.4 Å². The number of hydrogen-bond acceptors (Lipinski definition) is 2. The molecular formula is C18H29NO. The van der Waals surface area contributed by atoms with Crippen LogP contribution >= 0.6 is 0 Å². The number of nitrogens with one attached hydrogen (secondary N) is 1. The van der Waals surface area contributed by atoms with E-state index in [2.05, 4.69) is 50.4 Å². The fourth-order valence-electron chi connectivity index (χ4n) is 3.04. The predicted octanol–water partition coefficient (Wildman–Crippen LogP) is 3.63. The van der Waals surface area contributed by atoms with Crippen LogP contribution in [0.5, 0.6) is 0 Å². The topological polar surface area (TPSA) is 32.3 Å². The summed E-state index contributed by atoms with van der Waals surface area (Å²) < 4.78 is 0. The lowest BCUT2D eigenvalue weighted by Gasteiger charge is -2.39. The van der Waals surface area contributed by atoms with Crippen molar-refractivity contribution in [3.8, 4) is 0 Å². The first kappa shape index (κ1) is 15.5. The molecule has 1 aromatic rings. The van der Waals surface area contributed by atoms with Crippen molar-refractivity contribution < 1.29 is 5.11 Å². The van der Waals surface area contributed by atoms with Crippen molar-refractivity contribution in [2.24, 2.45) is 5.41 Å². The smallest absolute Gasteiger partial charge is 0.0499 e. The fourth-order valence-corrected chi connectivity index (χ4v) is 3.04. The van der Waals surface area contributed by atoms with E-state index in [4.69, 9.17) is 0 Å². The van der Waals surface area contributed by atoms with Crippen molar-refractivity contribution in [1.29, 1.82) is 0 Å². The van der Waals surface area contributed by atoms with E-state index in [1.54, 1.807) is 0 Å². The molecule has 0 amide bonds. The first-order chi connectivity index (χ1) is 9.62. The molecule has 2 heteroatoms. The van der Waals surface area contributed by atoms with Crippen LogP contribution in [0.15, 0.2) is 24.3 Å². The van der Waals surface area contributed by atoms with Crippen LogP contribution in [0.2, 0.25) is 0 Å². The lowest BCUT2D eigenvalue weighted by molar-refractivity contribution is 0.103. The molecule has 2 N–H and O–H groups in total. The van der Waals surface area contributed by atoms with Gasteiger partial charge in [-0.1, -0.05) is 43.7 Å². The number of rotatable bonds is 7. The Kier molecular flexibility index (Phi) is 5.22. The molecule has 0 heterocycles. The van der Waals surface area contributed by atoms with Gasteiger partial charge in [-0.25, -0.2) is 0 Å². The van der Waals surface area contributed by atoms with Crippen LogP contribution in [0.4, 0.5) is 0 Å². The molecule has 0 saturated heterocycles. The summed E-state index contributed by atoms with van der Waals surface area (Å²) in [4.78, 5) is 0. The third-order valence-electron chi connectivity index (χ3n) is 5.29. The van der Waals surface area contributed by atoms with E-state index in [0.29, 0.717) is 12.6 Å². The minimum Gasteiger partial charge on any atom is -0.396 e. The van der Waals surface area contributed by atoms with Gasteiger partial charge < -0.3 is 10.4 Å². The zero-order chi connectivity index (χ0) is 14.6. The molecular weight excluding hydrogens is 246 g/mol. The van der Waals surface area contributed by atoms with Crippen LogP contribution in [0.3, 0.4) is 0 Å². The molecule has 0 aromatic heterocycles. The molecule has 2 nitrogen and oxygen atoms in total. The van der Waals surface area contributed by atoms with Crippen molar-refractivity contribution in [3.63, 3.8) is 0 Å². The van der Waals surface area contributed by atoms with Crippen LogP contribution in [-0.2, 0) is 0 Å². The molecule has 0 bridgehead atoms. The highest BCUT2D eigenvalue weighted by atomic mass is 16.3. The highest BCUT2D eigenvalue weighted by molar-refractivity contribution is 5.26. The Morgan fingerprint density at radius 3 is 2.25 bits per heavy atom. The maximum Gasteiger partial charge on any atom is 0.0499 e. The van der Waals surface area contributed by atoms with Gasteiger partial charge in [-0.05, 0) is 44.1 Å². The average Bonchev–Trinajstić information content (AvgIpc) is 2.44. The molecule has 0 aliphatic heterocycles. The van der Waals surface area contributed by atoms with Gasteiger partial charge in [-0.3, -0.25) is 0 Å². The van der Waals surface area contributed by atoms with Crippen LogP contribution in [0, 0.1) is 12.3 Å². The van der Waals surface area contributed by atoms with Gasteiger partial charge in [0.2, 0.25) is 0 Å². The van der Waals surface area contributed by atoms with Crippen LogP contribution in [0.1, 0.15) is 56.6 Å². The Labute approximate surface area is 123 Å². The molecule has 0 spiro atoms. The molecule has 112 valence electrons. The number of benzene rings is 1. The summed E-state index contributed by atoms with van der Waals surface area (Å²) in [6, 6.07) is 9.59.